The van der Waals surface area contributed by atoms with Gasteiger partial charge in [0.1, 0.15) is 11.6 Å². The van der Waals surface area contributed by atoms with Crippen LogP contribution in [0.5, 0.6) is 5.75 Å². The Morgan fingerprint density at radius 1 is 1.29 bits per heavy atom. The number of carbonyl (C=O) groups excluding carboxylic acids is 1. The molecule has 2 unspecified atom stereocenters. The maximum atomic E-state index is 14.5. The highest BCUT2D eigenvalue weighted by Crippen LogP contribution is 2.48. The van der Waals surface area contributed by atoms with Gasteiger partial charge in [0.2, 0.25) is 0 Å². The number of alkyl halides is 2. The Kier molecular flexibility index (Phi) is 6.76. The molecule has 2 fully saturated rings. The summed E-state index contributed by atoms with van der Waals surface area (Å²) < 4.78 is 75.6. The highest BCUT2D eigenvalue weighted by atomic mass is 32.2. The quantitative estimate of drug-likeness (QED) is 0.435. The molecule has 3 heterocycles. The van der Waals surface area contributed by atoms with E-state index in [0.717, 1.165) is 22.8 Å². The number of hydrogen-bond acceptors (Lipinski definition) is 6. The number of fused-ring (bicyclic) bond motifs is 1. The Morgan fingerprint density at radius 3 is 2.76 bits per heavy atom. The molecule has 9 nitrogen and oxygen atoms in total. The van der Waals surface area contributed by atoms with E-state index in [1.807, 2.05) is 6.07 Å². The van der Waals surface area contributed by atoms with Crippen molar-refractivity contribution in [3.05, 3.63) is 59.7 Å². The number of anilines is 1. The van der Waals surface area contributed by atoms with E-state index in [2.05, 4.69) is 14.7 Å². The summed E-state index contributed by atoms with van der Waals surface area (Å²) in [4.78, 5) is 14.9. The van der Waals surface area contributed by atoms with Crippen LogP contribution in [0.15, 0.2) is 42.7 Å². The number of carbonyl (C=O) groups is 1. The zero-order valence-corrected chi connectivity index (χ0v) is 21.7. The minimum absolute atomic E-state index is 0.0917. The van der Waals surface area contributed by atoms with Gasteiger partial charge in [0.25, 0.3) is 11.8 Å². The standard InChI is InChI=1S/C25H28F3N5O4S/c1-3-31(2)38(35,36)30-24(34)21-14-29-33-8-6-19(12-23(21)33)32-7-4-5-22(32)16-9-18(26)11-20(10-16)37-15-17-13-25(17,27)28/h6,8-12,14,17,22H,3-5,7,13,15H2,1-2H3,(H,30,34). The van der Waals surface area contributed by atoms with Gasteiger partial charge in [-0.15, -0.1) is 0 Å². The van der Waals surface area contributed by atoms with Gasteiger partial charge in [-0.05, 0) is 42.7 Å². The second-order valence-corrected chi connectivity index (χ2v) is 11.4. The number of hydrogen-bond donors (Lipinski definition) is 1. The minimum Gasteiger partial charge on any atom is -0.493 e. The van der Waals surface area contributed by atoms with Crippen LogP contribution < -0.4 is 14.4 Å². The molecule has 3 aromatic rings. The van der Waals surface area contributed by atoms with Crippen LogP contribution in [0.25, 0.3) is 5.52 Å². The number of amides is 1. The summed E-state index contributed by atoms with van der Waals surface area (Å²) in [5.41, 5.74) is 1.90. The first-order valence-electron chi connectivity index (χ1n) is 12.3. The number of nitrogens with zero attached hydrogens (tertiary/aromatic N) is 4. The van der Waals surface area contributed by atoms with Crippen LogP contribution in [0.2, 0.25) is 0 Å². The molecule has 38 heavy (non-hydrogen) atoms. The van der Waals surface area contributed by atoms with Crippen molar-refractivity contribution >= 4 is 27.3 Å². The van der Waals surface area contributed by atoms with Gasteiger partial charge >= 0.3 is 10.2 Å². The van der Waals surface area contributed by atoms with E-state index in [1.54, 1.807) is 25.3 Å². The first kappa shape index (κ1) is 26.3. The van der Waals surface area contributed by atoms with Crippen molar-refractivity contribution in [3.63, 3.8) is 0 Å². The van der Waals surface area contributed by atoms with Crippen LogP contribution >= 0.6 is 0 Å². The maximum absolute atomic E-state index is 14.5. The lowest BCUT2D eigenvalue weighted by molar-refractivity contribution is 0.0855. The monoisotopic (exact) mass is 551 g/mol. The predicted octanol–water partition coefficient (Wildman–Crippen LogP) is 3.78. The number of aromatic nitrogens is 2. The molecule has 2 aromatic heterocycles. The summed E-state index contributed by atoms with van der Waals surface area (Å²) in [7, 11) is -2.64. The lowest BCUT2D eigenvalue weighted by Gasteiger charge is -2.28. The molecule has 204 valence electrons. The molecule has 1 aliphatic carbocycles. The fourth-order valence-electron chi connectivity index (χ4n) is 4.67. The molecular weight excluding hydrogens is 523 g/mol. The third-order valence-corrected chi connectivity index (χ3v) is 8.62. The van der Waals surface area contributed by atoms with Crippen molar-refractivity contribution in [2.24, 2.45) is 5.92 Å². The molecule has 1 amide bonds. The molecule has 0 radical (unpaired) electrons. The summed E-state index contributed by atoms with van der Waals surface area (Å²) in [6.07, 6.45) is 4.30. The Balaban J connectivity index is 1.39. The van der Waals surface area contributed by atoms with Crippen molar-refractivity contribution in [2.75, 3.05) is 31.6 Å². The lowest BCUT2D eigenvalue weighted by atomic mass is 10.0. The number of rotatable bonds is 9. The molecule has 13 heteroatoms. The van der Waals surface area contributed by atoms with Crippen LogP contribution in [0, 0.1) is 11.7 Å². The summed E-state index contributed by atoms with van der Waals surface area (Å²) in [5.74, 6) is -4.67. The average Bonchev–Trinajstić information content (AvgIpc) is 3.24. The maximum Gasteiger partial charge on any atom is 0.303 e. The predicted molar refractivity (Wildman–Crippen MR) is 134 cm³/mol. The first-order valence-corrected chi connectivity index (χ1v) is 13.8. The minimum atomic E-state index is -4.00. The van der Waals surface area contributed by atoms with E-state index in [-0.39, 0.29) is 36.9 Å². The van der Waals surface area contributed by atoms with E-state index in [4.69, 9.17) is 4.74 Å². The van der Waals surface area contributed by atoms with Gasteiger partial charge < -0.3 is 9.64 Å². The molecule has 1 aliphatic heterocycles. The summed E-state index contributed by atoms with van der Waals surface area (Å²) >= 11 is 0. The molecule has 2 atom stereocenters. The molecule has 0 bridgehead atoms. The smallest absolute Gasteiger partial charge is 0.303 e. The summed E-state index contributed by atoms with van der Waals surface area (Å²) in [6, 6.07) is 7.62. The van der Waals surface area contributed by atoms with Crippen molar-refractivity contribution in [1.82, 2.24) is 18.6 Å². The second kappa shape index (κ2) is 9.77. The summed E-state index contributed by atoms with van der Waals surface area (Å²) in [5, 5.41) is 4.16. The Bertz CT molecular complexity index is 1480. The van der Waals surface area contributed by atoms with Gasteiger partial charge in [0.05, 0.1) is 35.8 Å². The average molecular weight is 552 g/mol. The fourth-order valence-corrected chi connectivity index (χ4v) is 5.51. The highest BCUT2D eigenvalue weighted by Gasteiger charge is 2.57. The Morgan fingerprint density at radius 2 is 2.05 bits per heavy atom. The topological polar surface area (TPSA) is 96.2 Å². The van der Waals surface area contributed by atoms with Gasteiger partial charge in [-0.3, -0.25) is 4.79 Å². The molecule has 1 aromatic carbocycles. The van der Waals surface area contributed by atoms with E-state index in [1.165, 1.54) is 29.9 Å². The molecule has 5 rings (SSSR count). The third-order valence-electron chi connectivity index (χ3n) is 7.10. The van der Waals surface area contributed by atoms with E-state index >= 15 is 0 Å². The van der Waals surface area contributed by atoms with Crippen LogP contribution in [0.3, 0.4) is 0 Å². The SMILES string of the molecule is CCN(C)S(=O)(=O)NC(=O)c1cnn2ccc(N3CCCC3c3cc(F)cc(OCC4CC4(F)F)c3)cc12. The van der Waals surface area contributed by atoms with E-state index in [9.17, 15) is 26.4 Å². The van der Waals surface area contributed by atoms with Crippen molar-refractivity contribution < 1.29 is 31.1 Å². The van der Waals surface area contributed by atoms with Crippen molar-refractivity contribution in [1.29, 1.82) is 0 Å². The lowest BCUT2D eigenvalue weighted by Crippen LogP contribution is -2.41. The summed E-state index contributed by atoms with van der Waals surface area (Å²) in [6.45, 7) is 2.33. The van der Waals surface area contributed by atoms with Crippen LogP contribution in [0.4, 0.5) is 18.9 Å². The highest BCUT2D eigenvalue weighted by molar-refractivity contribution is 7.87. The zero-order valence-electron chi connectivity index (χ0n) is 20.9. The normalized spacial score (nSPS) is 20.7. The molecular formula is C25H28F3N5O4S. The molecule has 0 spiro atoms. The molecule has 1 saturated carbocycles. The van der Waals surface area contributed by atoms with Gasteiger partial charge in [0, 0.05) is 44.5 Å². The Labute approximate surface area is 218 Å². The first-order chi connectivity index (χ1) is 18.0. The van der Waals surface area contributed by atoms with Gasteiger partial charge in [-0.25, -0.2) is 22.4 Å². The number of nitrogens with one attached hydrogen (secondary N) is 1. The Hall–Kier alpha value is -3.32. The van der Waals surface area contributed by atoms with Crippen LogP contribution in [-0.4, -0.2) is 60.9 Å². The number of pyridine rings is 1. The van der Waals surface area contributed by atoms with Gasteiger partial charge in [-0.2, -0.15) is 17.8 Å². The van der Waals surface area contributed by atoms with E-state index in [0.29, 0.717) is 17.6 Å². The van der Waals surface area contributed by atoms with Crippen LogP contribution in [-0.2, 0) is 10.2 Å². The third kappa shape index (κ3) is 5.17. The number of benzene rings is 1. The molecule has 2 aliphatic rings. The van der Waals surface area contributed by atoms with Crippen molar-refractivity contribution in [3.8, 4) is 5.75 Å². The van der Waals surface area contributed by atoms with Gasteiger partial charge in [-0.1, -0.05) is 6.92 Å². The van der Waals surface area contributed by atoms with E-state index < -0.39 is 33.8 Å². The largest absolute Gasteiger partial charge is 0.493 e. The van der Waals surface area contributed by atoms with Gasteiger partial charge in [0.15, 0.2) is 0 Å². The van der Waals surface area contributed by atoms with Crippen LogP contribution in [0.1, 0.15) is 48.1 Å². The second-order valence-electron chi connectivity index (χ2n) is 9.67. The number of halogens is 3. The van der Waals surface area contributed by atoms with Crippen molar-refractivity contribution in [2.45, 2.75) is 38.2 Å². The molecule has 1 saturated heterocycles. The number of ether oxygens (including phenoxy) is 1. The zero-order chi connectivity index (χ0) is 27.2. The molecule has 1 N–H and O–H groups in total. The fraction of sp³-hybridized carbons (Fsp3) is 0.440.